The van der Waals surface area contributed by atoms with Crippen LogP contribution in [-0.4, -0.2) is 70.0 Å². The third kappa shape index (κ3) is 50.7. The minimum Gasteiger partial charge on any atom is -0.756 e. The molecule has 0 N–H and O–H groups in total. The summed E-state index contributed by atoms with van der Waals surface area (Å²) >= 11 is 0. The summed E-state index contributed by atoms with van der Waals surface area (Å²) in [6.45, 7) is 4.09. The fourth-order valence-corrected chi connectivity index (χ4v) is 7.64. The first-order valence-electron chi connectivity index (χ1n) is 26.1. The van der Waals surface area contributed by atoms with E-state index in [1.165, 1.54) is 89.9 Å². The van der Waals surface area contributed by atoms with Crippen LogP contribution in [0, 0.1) is 0 Å². The first kappa shape index (κ1) is 62.4. The summed E-state index contributed by atoms with van der Waals surface area (Å²) in [5.74, 6) is -0.853. The minimum absolute atomic E-state index is 0.0362. The number of carbonyl (C=O) groups is 2. The quantitative estimate of drug-likeness (QED) is 0.0195. The van der Waals surface area contributed by atoms with Gasteiger partial charge in [-0.25, -0.2) is 0 Å². The molecule has 0 fully saturated rings. The number of esters is 2. The molecule has 2 unspecified atom stereocenters. The van der Waals surface area contributed by atoms with Crippen molar-refractivity contribution in [1.82, 2.24) is 0 Å². The summed E-state index contributed by atoms with van der Waals surface area (Å²) < 4.78 is 34.0. The van der Waals surface area contributed by atoms with Crippen molar-refractivity contribution in [3.8, 4) is 0 Å². The summed E-state index contributed by atoms with van der Waals surface area (Å²) in [4.78, 5) is 37.7. The van der Waals surface area contributed by atoms with Crippen LogP contribution in [-0.2, 0) is 32.7 Å². The van der Waals surface area contributed by atoms with E-state index in [9.17, 15) is 19.0 Å². The SMILES string of the molecule is CC/C=C\C/C=C\C/C=C\C/C=C\CCCCCCCCCCCCCCC(=O)OC(COC(=O)CCCCCCC/C=C\C/C=C\CCCCCC)COP(=O)([O-])OCC[N+](C)(C)C. The van der Waals surface area contributed by atoms with Crippen molar-refractivity contribution < 1.29 is 42.1 Å². The van der Waals surface area contributed by atoms with Crippen LogP contribution in [0.2, 0.25) is 0 Å². The highest BCUT2D eigenvalue weighted by molar-refractivity contribution is 7.45. The van der Waals surface area contributed by atoms with Gasteiger partial charge in [0.15, 0.2) is 6.10 Å². The first-order chi connectivity index (χ1) is 31.5. The van der Waals surface area contributed by atoms with Gasteiger partial charge in [-0.15, -0.1) is 0 Å². The van der Waals surface area contributed by atoms with Crippen molar-refractivity contribution in [3.63, 3.8) is 0 Å². The van der Waals surface area contributed by atoms with Crippen LogP contribution in [0.15, 0.2) is 72.9 Å². The lowest BCUT2D eigenvalue weighted by Gasteiger charge is -2.28. The highest BCUT2D eigenvalue weighted by Crippen LogP contribution is 2.38. The molecule has 9 nitrogen and oxygen atoms in total. The van der Waals surface area contributed by atoms with E-state index >= 15 is 0 Å². The molecule has 10 heteroatoms. The molecule has 0 aromatic rings. The van der Waals surface area contributed by atoms with E-state index in [0.29, 0.717) is 23.9 Å². The van der Waals surface area contributed by atoms with Gasteiger partial charge in [-0.3, -0.25) is 14.2 Å². The zero-order chi connectivity index (χ0) is 47.8. The number of quaternary nitrogens is 1. The topological polar surface area (TPSA) is 111 Å². The van der Waals surface area contributed by atoms with Crippen molar-refractivity contribution in [2.45, 2.75) is 219 Å². The zero-order valence-corrected chi connectivity index (χ0v) is 43.3. The van der Waals surface area contributed by atoms with E-state index in [-0.39, 0.29) is 26.1 Å². The second-order valence-corrected chi connectivity index (χ2v) is 19.9. The van der Waals surface area contributed by atoms with Crippen LogP contribution < -0.4 is 4.89 Å². The Morgan fingerprint density at radius 3 is 1.31 bits per heavy atom. The van der Waals surface area contributed by atoms with Crippen molar-refractivity contribution >= 4 is 19.8 Å². The monoisotopic (exact) mass is 932 g/mol. The Labute approximate surface area is 399 Å². The summed E-state index contributed by atoms with van der Waals surface area (Å²) in [5.41, 5.74) is 0. The molecule has 0 saturated carbocycles. The number of likely N-dealkylation sites (N-methyl/N-ethyl adjacent to an activating group) is 1. The van der Waals surface area contributed by atoms with Crippen molar-refractivity contribution in [1.29, 1.82) is 0 Å². The summed E-state index contributed by atoms with van der Waals surface area (Å²) in [6, 6.07) is 0. The third-order valence-corrected chi connectivity index (χ3v) is 11.9. The third-order valence-electron chi connectivity index (χ3n) is 11.0. The van der Waals surface area contributed by atoms with Crippen LogP contribution >= 0.6 is 7.82 Å². The van der Waals surface area contributed by atoms with Crippen molar-refractivity contribution in [3.05, 3.63) is 72.9 Å². The average molecular weight is 932 g/mol. The number of phosphoric acid groups is 1. The van der Waals surface area contributed by atoms with Crippen molar-refractivity contribution in [2.75, 3.05) is 47.5 Å². The Morgan fingerprint density at radius 2 is 0.877 bits per heavy atom. The molecule has 0 bridgehead atoms. The van der Waals surface area contributed by atoms with Crippen LogP contribution in [0.4, 0.5) is 0 Å². The Bertz CT molecular complexity index is 1330. The molecular weight excluding hydrogens is 834 g/mol. The second kappa shape index (κ2) is 46.6. The molecule has 0 aliphatic heterocycles. The van der Waals surface area contributed by atoms with Crippen molar-refractivity contribution in [2.24, 2.45) is 0 Å². The van der Waals surface area contributed by atoms with Gasteiger partial charge in [-0.05, 0) is 83.5 Å². The second-order valence-electron chi connectivity index (χ2n) is 18.5. The van der Waals surface area contributed by atoms with Crippen LogP contribution in [0.3, 0.4) is 0 Å². The molecule has 0 saturated heterocycles. The molecule has 0 aliphatic carbocycles. The number of nitrogens with zero attached hydrogens (tertiary/aromatic N) is 1. The predicted octanol–water partition coefficient (Wildman–Crippen LogP) is 15.1. The molecule has 0 aromatic carbocycles. The van der Waals surface area contributed by atoms with E-state index in [1.54, 1.807) is 0 Å². The molecule has 2 atom stereocenters. The molecule has 65 heavy (non-hydrogen) atoms. The molecule has 0 rings (SSSR count). The smallest absolute Gasteiger partial charge is 0.306 e. The highest BCUT2D eigenvalue weighted by Gasteiger charge is 2.21. The van der Waals surface area contributed by atoms with Crippen LogP contribution in [0.1, 0.15) is 213 Å². The maximum Gasteiger partial charge on any atom is 0.306 e. The van der Waals surface area contributed by atoms with Gasteiger partial charge < -0.3 is 27.9 Å². The highest BCUT2D eigenvalue weighted by atomic mass is 31.2. The molecule has 0 radical (unpaired) electrons. The van der Waals surface area contributed by atoms with Crippen LogP contribution in [0.5, 0.6) is 0 Å². The summed E-state index contributed by atoms with van der Waals surface area (Å²) in [7, 11) is 1.15. The van der Waals surface area contributed by atoms with Gasteiger partial charge in [0.05, 0.1) is 27.7 Å². The van der Waals surface area contributed by atoms with Gasteiger partial charge in [0, 0.05) is 12.8 Å². The number of allylic oxidation sites excluding steroid dienone is 12. The lowest BCUT2D eigenvalue weighted by Crippen LogP contribution is -2.37. The number of unbranched alkanes of at least 4 members (excludes halogenated alkanes) is 21. The van der Waals surface area contributed by atoms with Gasteiger partial charge in [0.25, 0.3) is 7.82 Å². The van der Waals surface area contributed by atoms with Gasteiger partial charge in [0.2, 0.25) is 0 Å². The number of rotatable bonds is 47. The number of carbonyl (C=O) groups excluding carboxylic acids is 2. The summed E-state index contributed by atoms with van der Waals surface area (Å²) in [6.07, 6.45) is 59.3. The maximum atomic E-state index is 12.8. The van der Waals surface area contributed by atoms with E-state index < -0.39 is 32.5 Å². The van der Waals surface area contributed by atoms with Gasteiger partial charge in [-0.1, -0.05) is 189 Å². The predicted molar refractivity (Wildman–Crippen MR) is 273 cm³/mol. The molecule has 0 heterocycles. The van der Waals surface area contributed by atoms with E-state index in [4.69, 9.17) is 18.5 Å². The van der Waals surface area contributed by atoms with Gasteiger partial charge in [0.1, 0.15) is 19.8 Å². The summed E-state index contributed by atoms with van der Waals surface area (Å²) in [5, 5.41) is 0. The molecular formula is C55H98NO8P. The van der Waals surface area contributed by atoms with E-state index in [0.717, 1.165) is 83.5 Å². The average Bonchev–Trinajstić information content (AvgIpc) is 3.26. The molecule has 376 valence electrons. The zero-order valence-electron chi connectivity index (χ0n) is 42.4. The Morgan fingerprint density at radius 1 is 0.492 bits per heavy atom. The van der Waals surface area contributed by atoms with E-state index in [2.05, 4.69) is 86.8 Å². The Balaban J connectivity index is 4.23. The van der Waals surface area contributed by atoms with Gasteiger partial charge in [-0.2, -0.15) is 0 Å². The first-order valence-corrected chi connectivity index (χ1v) is 27.6. The minimum atomic E-state index is -4.64. The number of phosphoric ester groups is 1. The fourth-order valence-electron chi connectivity index (χ4n) is 6.91. The normalized spacial score (nSPS) is 14.0. The van der Waals surface area contributed by atoms with E-state index in [1.807, 2.05) is 21.1 Å². The van der Waals surface area contributed by atoms with Crippen LogP contribution in [0.25, 0.3) is 0 Å². The molecule has 0 aliphatic rings. The lowest BCUT2D eigenvalue weighted by atomic mass is 10.0. The number of ether oxygens (including phenoxy) is 2. The largest absolute Gasteiger partial charge is 0.756 e. The lowest BCUT2D eigenvalue weighted by molar-refractivity contribution is -0.870. The number of hydrogen-bond donors (Lipinski definition) is 0. The molecule has 0 aromatic heterocycles. The Kier molecular flexibility index (Phi) is 44.7. The molecule has 0 amide bonds. The number of hydrogen-bond acceptors (Lipinski definition) is 8. The standard InChI is InChI=1S/C55H98NO8P/c1-6-8-10-12-14-16-18-20-22-24-25-26-27-28-29-30-31-32-34-36-38-40-42-44-46-48-55(58)64-53(52-63-65(59,60)62-50-49-56(3,4)5)51-61-54(57)47-45-43-41-39-37-35-33-23-21-19-17-15-13-11-9-7-2/h8,10,14,16-17,19-20,22-23,25-26,33,53H,6-7,9,11-13,15,18,21,24,27-32,34-52H2,1-5H3/b10-8-,16-14-,19-17-,22-20-,26-25-,33-23-. The molecule has 0 spiro atoms. The fraction of sp³-hybridized carbons (Fsp3) is 0.745. The van der Waals surface area contributed by atoms with Gasteiger partial charge >= 0.3 is 11.9 Å². The maximum absolute atomic E-state index is 12.8. The Hall–Kier alpha value is -2.55.